The maximum Gasteiger partial charge on any atom is 0.0657 e. The fourth-order valence-corrected chi connectivity index (χ4v) is 1.15. The fraction of sp³-hybridized carbons (Fsp3) is 0.667. The molecule has 0 rings (SSSR count). The first-order valence-electron chi connectivity index (χ1n) is 4.95. The topological polar surface area (TPSA) is 20.2 Å². The van der Waals surface area contributed by atoms with Crippen molar-refractivity contribution in [2.75, 3.05) is 0 Å². The fourth-order valence-electron chi connectivity index (χ4n) is 1.15. The van der Waals surface area contributed by atoms with E-state index in [-0.39, 0.29) is 0 Å². The van der Waals surface area contributed by atoms with E-state index in [1.165, 1.54) is 5.57 Å². The van der Waals surface area contributed by atoms with E-state index in [4.69, 9.17) is 0 Å². The summed E-state index contributed by atoms with van der Waals surface area (Å²) in [5.41, 5.74) is 0.778. The summed E-state index contributed by atoms with van der Waals surface area (Å²) in [5, 5.41) is 9.88. The Morgan fingerprint density at radius 3 is 2.46 bits per heavy atom. The summed E-state index contributed by atoms with van der Waals surface area (Å²) in [6, 6.07) is 0. The molecular weight excluding hydrogens is 160 g/mol. The molecule has 0 aliphatic carbocycles. The number of aliphatic hydroxyl groups is 1. The van der Waals surface area contributed by atoms with Crippen LogP contribution in [0.3, 0.4) is 0 Å². The van der Waals surface area contributed by atoms with E-state index in [1.54, 1.807) is 0 Å². The Morgan fingerprint density at radius 1 is 1.38 bits per heavy atom. The van der Waals surface area contributed by atoms with E-state index < -0.39 is 5.60 Å². The van der Waals surface area contributed by atoms with E-state index >= 15 is 0 Å². The van der Waals surface area contributed by atoms with Crippen LogP contribution in [0.4, 0.5) is 0 Å². The maximum absolute atomic E-state index is 9.88. The van der Waals surface area contributed by atoms with E-state index in [0.29, 0.717) is 0 Å². The second-order valence-electron chi connectivity index (χ2n) is 4.09. The molecule has 1 N–H and O–H groups in total. The third kappa shape index (κ3) is 7.79. The van der Waals surface area contributed by atoms with Crippen LogP contribution in [-0.4, -0.2) is 10.7 Å². The van der Waals surface area contributed by atoms with Crippen molar-refractivity contribution in [2.45, 2.75) is 52.6 Å². The zero-order valence-corrected chi connectivity index (χ0v) is 9.30. The summed E-state index contributed by atoms with van der Waals surface area (Å²) in [6.45, 7) is 8.04. The highest BCUT2D eigenvalue weighted by molar-refractivity contribution is 4.95. The second kappa shape index (κ2) is 5.98. The monoisotopic (exact) mass is 182 g/mol. The van der Waals surface area contributed by atoms with Gasteiger partial charge in [0.05, 0.1) is 5.60 Å². The van der Waals surface area contributed by atoms with Crippen molar-refractivity contribution in [1.82, 2.24) is 0 Å². The molecular formula is C12H22O. The molecule has 0 saturated heterocycles. The molecule has 1 unspecified atom stereocenters. The third-order valence-electron chi connectivity index (χ3n) is 2.03. The van der Waals surface area contributed by atoms with Gasteiger partial charge in [-0.15, -0.1) is 0 Å². The van der Waals surface area contributed by atoms with Crippen LogP contribution < -0.4 is 0 Å². The van der Waals surface area contributed by atoms with Gasteiger partial charge < -0.3 is 5.11 Å². The van der Waals surface area contributed by atoms with Crippen molar-refractivity contribution in [3.8, 4) is 0 Å². The second-order valence-corrected chi connectivity index (χ2v) is 4.09. The van der Waals surface area contributed by atoms with Gasteiger partial charge in [0.1, 0.15) is 0 Å². The Kier molecular flexibility index (Phi) is 5.72. The Hall–Kier alpha value is -0.560. The van der Waals surface area contributed by atoms with Gasteiger partial charge >= 0.3 is 0 Å². The SMILES string of the molecule is CC=CCC(C)(O)CCC=C(C)C. The first-order valence-corrected chi connectivity index (χ1v) is 4.95. The molecule has 0 aromatic heterocycles. The van der Waals surface area contributed by atoms with Gasteiger partial charge in [0.15, 0.2) is 0 Å². The maximum atomic E-state index is 9.88. The molecule has 0 fully saturated rings. The zero-order chi connectivity index (χ0) is 10.3. The summed E-state index contributed by atoms with van der Waals surface area (Å²) in [7, 11) is 0. The summed E-state index contributed by atoms with van der Waals surface area (Å²) in [6.07, 6.45) is 8.72. The first kappa shape index (κ1) is 12.4. The minimum Gasteiger partial charge on any atom is -0.390 e. The molecule has 0 saturated carbocycles. The van der Waals surface area contributed by atoms with Crippen molar-refractivity contribution < 1.29 is 5.11 Å². The lowest BCUT2D eigenvalue weighted by atomic mass is 9.95. The van der Waals surface area contributed by atoms with Crippen LogP contribution in [0.5, 0.6) is 0 Å². The van der Waals surface area contributed by atoms with Gasteiger partial charge in [-0.05, 0) is 47.0 Å². The van der Waals surface area contributed by atoms with Crippen LogP contribution in [0.1, 0.15) is 47.0 Å². The lowest BCUT2D eigenvalue weighted by Crippen LogP contribution is -2.22. The minimum absolute atomic E-state index is 0.543. The van der Waals surface area contributed by atoms with Crippen LogP contribution in [0.15, 0.2) is 23.8 Å². The van der Waals surface area contributed by atoms with Crippen molar-refractivity contribution in [2.24, 2.45) is 0 Å². The predicted octanol–water partition coefficient (Wildman–Crippen LogP) is 3.45. The molecule has 1 atom stereocenters. The van der Waals surface area contributed by atoms with E-state index in [9.17, 15) is 5.11 Å². The van der Waals surface area contributed by atoms with E-state index in [1.807, 2.05) is 26.0 Å². The van der Waals surface area contributed by atoms with Gasteiger partial charge in [0, 0.05) is 0 Å². The largest absolute Gasteiger partial charge is 0.390 e. The minimum atomic E-state index is -0.543. The van der Waals surface area contributed by atoms with Gasteiger partial charge in [-0.3, -0.25) is 0 Å². The molecule has 0 aromatic carbocycles. The number of hydrogen-bond donors (Lipinski definition) is 1. The molecule has 0 aromatic rings. The standard InChI is InChI=1S/C12H22O/c1-5-6-9-12(4,13)10-7-8-11(2)3/h5-6,8,13H,7,9-10H2,1-4H3. The predicted molar refractivity (Wildman–Crippen MR) is 58.7 cm³/mol. The van der Waals surface area contributed by atoms with Crippen molar-refractivity contribution in [1.29, 1.82) is 0 Å². The van der Waals surface area contributed by atoms with Gasteiger partial charge in [-0.25, -0.2) is 0 Å². The molecule has 0 heterocycles. The lowest BCUT2D eigenvalue weighted by Gasteiger charge is -2.20. The molecule has 76 valence electrons. The third-order valence-corrected chi connectivity index (χ3v) is 2.03. The van der Waals surface area contributed by atoms with Crippen molar-refractivity contribution in [3.05, 3.63) is 23.8 Å². The van der Waals surface area contributed by atoms with Crippen LogP contribution >= 0.6 is 0 Å². The average Bonchev–Trinajstić information content (AvgIpc) is 2.00. The van der Waals surface area contributed by atoms with Gasteiger partial charge in [0.2, 0.25) is 0 Å². The number of rotatable bonds is 5. The highest BCUT2D eigenvalue weighted by atomic mass is 16.3. The first-order chi connectivity index (χ1) is 5.98. The number of allylic oxidation sites excluding steroid dienone is 3. The van der Waals surface area contributed by atoms with Crippen LogP contribution in [0.25, 0.3) is 0 Å². The molecule has 0 aliphatic rings. The summed E-state index contributed by atoms with van der Waals surface area (Å²) in [4.78, 5) is 0. The highest BCUT2D eigenvalue weighted by Crippen LogP contribution is 2.17. The van der Waals surface area contributed by atoms with Crippen LogP contribution in [-0.2, 0) is 0 Å². The average molecular weight is 182 g/mol. The van der Waals surface area contributed by atoms with Crippen LogP contribution in [0.2, 0.25) is 0 Å². The highest BCUT2D eigenvalue weighted by Gasteiger charge is 2.16. The Balaban J connectivity index is 3.81. The summed E-state index contributed by atoms with van der Waals surface area (Å²) < 4.78 is 0. The molecule has 1 nitrogen and oxygen atoms in total. The molecule has 1 heteroatoms. The Bertz CT molecular complexity index is 183. The summed E-state index contributed by atoms with van der Waals surface area (Å²) in [5.74, 6) is 0. The molecule has 0 radical (unpaired) electrons. The smallest absolute Gasteiger partial charge is 0.0657 e. The quantitative estimate of drug-likeness (QED) is 0.646. The van der Waals surface area contributed by atoms with Crippen molar-refractivity contribution >= 4 is 0 Å². The lowest BCUT2D eigenvalue weighted by molar-refractivity contribution is 0.0550. The molecule has 0 amide bonds. The van der Waals surface area contributed by atoms with E-state index in [0.717, 1.165) is 19.3 Å². The molecule has 0 aliphatic heterocycles. The van der Waals surface area contributed by atoms with Gasteiger partial charge in [-0.2, -0.15) is 0 Å². The van der Waals surface area contributed by atoms with Gasteiger partial charge in [0.25, 0.3) is 0 Å². The zero-order valence-electron chi connectivity index (χ0n) is 9.30. The molecule has 0 bridgehead atoms. The van der Waals surface area contributed by atoms with Crippen LogP contribution in [0, 0.1) is 0 Å². The molecule has 0 spiro atoms. The van der Waals surface area contributed by atoms with Gasteiger partial charge in [-0.1, -0.05) is 23.8 Å². The normalized spacial score (nSPS) is 15.8. The van der Waals surface area contributed by atoms with Crippen molar-refractivity contribution in [3.63, 3.8) is 0 Å². The number of hydrogen-bond acceptors (Lipinski definition) is 1. The Labute approximate surface area is 82.2 Å². The summed E-state index contributed by atoms with van der Waals surface area (Å²) >= 11 is 0. The van der Waals surface area contributed by atoms with E-state index in [2.05, 4.69) is 19.9 Å². The molecule has 13 heavy (non-hydrogen) atoms. The Morgan fingerprint density at radius 2 is 2.00 bits per heavy atom.